The van der Waals surface area contributed by atoms with Crippen LogP contribution in [0.4, 0.5) is 21.9 Å². The fourth-order valence-corrected chi connectivity index (χ4v) is 1.98. The molecule has 2 rings (SSSR count). The molecule has 21 heavy (non-hydrogen) atoms. The Morgan fingerprint density at radius 3 is 2.48 bits per heavy atom. The molecule has 0 aromatic heterocycles. The summed E-state index contributed by atoms with van der Waals surface area (Å²) >= 11 is 5.99. The summed E-state index contributed by atoms with van der Waals surface area (Å²) in [5.41, 5.74) is 3.65. The molecule has 0 bridgehead atoms. The smallest absolute Gasteiger partial charge is 0.411 e. The number of nitrogens with one attached hydrogen (secondary N) is 2. The lowest BCUT2D eigenvalue weighted by Crippen LogP contribution is -2.13. The molecule has 0 fully saturated rings. The SMILES string of the molecule is CCOC(=O)Nc1ccc(Nc2cc(Cl)ccc2C)cc1. The lowest BCUT2D eigenvalue weighted by Gasteiger charge is -2.11. The zero-order chi connectivity index (χ0) is 15.2. The first-order valence-electron chi connectivity index (χ1n) is 6.65. The Kier molecular flexibility index (Phi) is 5.06. The highest BCUT2D eigenvalue weighted by molar-refractivity contribution is 6.30. The van der Waals surface area contributed by atoms with Crippen LogP contribution in [0.3, 0.4) is 0 Å². The summed E-state index contributed by atoms with van der Waals surface area (Å²) in [7, 11) is 0. The van der Waals surface area contributed by atoms with Gasteiger partial charge in [0.05, 0.1) is 6.61 Å². The molecule has 0 saturated heterocycles. The van der Waals surface area contributed by atoms with Gasteiger partial charge < -0.3 is 10.1 Å². The van der Waals surface area contributed by atoms with E-state index in [2.05, 4.69) is 10.6 Å². The predicted molar refractivity (Wildman–Crippen MR) is 86.6 cm³/mol. The number of hydrogen-bond donors (Lipinski definition) is 2. The van der Waals surface area contributed by atoms with E-state index in [-0.39, 0.29) is 0 Å². The molecular formula is C16H17ClN2O2. The fraction of sp³-hybridized carbons (Fsp3) is 0.188. The number of ether oxygens (including phenoxy) is 1. The molecule has 0 spiro atoms. The molecule has 2 N–H and O–H groups in total. The Morgan fingerprint density at radius 2 is 1.81 bits per heavy atom. The Balaban J connectivity index is 2.05. The molecule has 2 aromatic carbocycles. The monoisotopic (exact) mass is 304 g/mol. The van der Waals surface area contributed by atoms with Gasteiger partial charge in [-0.3, -0.25) is 5.32 Å². The zero-order valence-electron chi connectivity index (χ0n) is 11.9. The molecule has 0 aliphatic heterocycles. The molecular weight excluding hydrogens is 288 g/mol. The second kappa shape index (κ2) is 6.99. The van der Waals surface area contributed by atoms with Gasteiger partial charge in [-0.2, -0.15) is 0 Å². The van der Waals surface area contributed by atoms with E-state index >= 15 is 0 Å². The van der Waals surface area contributed by atoms with Gasteiger partial charge in [0.15, 0.2) is 0 Å². The Bertz CT molecular complexity index is 627. The van der Waals surface area contributed by atoms with Crippen molar-refractivity contribution in [1.29, 1.82) is 0 Å². The van der Waals surface area contributed by atoms with Crippen molar-refractivity contribution in [3.05, 3.63) is 53.1 Å². The van der Waals surface area contributed by atoms with Crippen LogP contribution >= 0.6 is 11.6 Å². The topological polar surface area (TPSA) is 50.4 Å². The van der Waals surface area contributed by atoms with Crippen molar-refractivity contribution in [2.45, 2.75) is 13.8 Å². The molecule has 1 amide bonds. The van der Waals surface area contributed by atoms with Crippen LogP contribution in [0.25, 0.3) is 0 Å². The maximum atomic E-state index is 11.3. The third kappa shape index (κ3) is 4.39. The first kappa shape index (κ1) is 15.2. The summed E-state index contributed by atoms with van der Waals surface area (Å²) in [4.78, 5) is 11.3. The molecule has 0 aliphatic carbocycles. The number of anilines is 3. The van der Waals surface area contributed by atoms with Crippen molar-refractivity contribution in [1.82, 2.24) is 0 Å². The average molecular weight is 305 g/mol. The van der Waals surface area contributed by atoms with Gasteiger partial charge in [-0.1, -0.05) is 17.7 Å². The second-order valence-electron chi connectivity index (χ2n) is 4.51. The van der Waals surface area contributed by atoms with Gasteiger partial charge in [-0.15, -0.1) is 0 Å². The van der Waals surface area contributed by atoms with Gasteiger partial charge in [-0.25, -0.2) is 4.79 Å². The van der Waals surface area contributed by atoms with Crippen LogP contribution in [0.5, 0.6) is 0 Å². The third-order valence-corrected chi connectivity index (χ3v) is 3.12. The van der Waals surface area contributed by atoms with E-state index in [0.29, 0.717) is 17.3 Å². The number of hydrogen-bond acceptors (Lipinski definition) is 3. The van der Waals surface area contributed by atoms with Crippen LogP contribution in [-0.2, 0) is 4.74 Å². The minimum absolute atomic E-state index is 0.347. The van der Waals surface area contributed by atoms with Crippen LogP contribution in [0.2, 0.25) is 5.02 Å². The third-order valence-electron chi connectivity index (χ3n) is 2.89. The molecule has 0 radical (unpaired) electrons. The Morgan fingerprint density at radius 1 is 1.14 bits per heavy atom. The molecule has 0 unspecified atom stereocenters. The number of carbonyl (C=O) groups is 1. The standard InChI is InChI=1S/C16H17ClN2O2/c1-3-21-16(20)19-14-8-6-13(7-9-14)18-15-10-12(17)5-4-11(15)2/h4-10,18H,3H2,1-2H3,(H,19,20). The Labute approximate surface area is 129 Å². The van der Waals surface area contributed by atoms with Crippen molar-refractivity contribution in [3.8, 4) is 0 Å². The van der Waals surface area contributed by atoms with Crippen molar-refractivity contribution in [3.63, 3.8) is 0 Å². The van der Waals surface area contributed by atoms with Gasteiger partial charge in [-0.05, 0) is 55.8 Å². The maximum Gasteiger partial charge on any atom is 0.411 e. The molecule has 5 heteroatoms. The highest BCUT2D eigenvalue weighted by Crippen LogP contribution is 2.25. The van der Waals surface area contributed by atoms with Crippen LogP contribution in [-0.4, -0.2) is 12.7 Å². The van der Waals surface area contributed by atoms with Gasteiger partial charge in [0, 0.05) is 22.1 Å². The molecule has 4 nitrogen and oxygen atoms in total. The molecule has 0 aliphatic rings. The predicted octanol–water partition coefficient (Wildman–Crippen LogP) is 4.96. The molecule has 2 aromatic rings. The molecule has 0 atom stereocenters. The normalized spacial score (nSPS) is 10.0. The lowest BCUT2D eigenvalue weighted by molar-refractivity contribution is 0.168. The average Bonchev–Trinajstić information content (AvgIpc) is 2.45. The van der Waals surface area contributed by atoms with Gasteiger partial charge in [0.1, 0.15) is 0 Å². The van der Waals surface area contributed by atoms with Crippen LogP contribution in [0, 0.1) is 6.92 Å². The first-order chi connectivity index (χ1) is 10.1. The lowest BCUT2D eigenvalue weighted by atomic mass is 10.2. The number of benzene rings is 2. The Hall–Kier alpha value is -2.20. The number of amides is 1. The van der Waals surface area contributed by atoms with E-state index in [1.165, 1.54) is 0 Å². The second-order valence-corrected chi connectivity index (χ2v) is 4.94. The van der Waals surface area contributed by atoms with E-state index in [1.54, 1.807) is 19.1 Å². The molecule has 0 saturated carbocycles. The zero-order valence-corrected chi connectivity index (χ0v) is 12.7. The van der Waals surface area contributed by atoms with E-state index in [9.17, 15) is 4.79 Å². The van der Waals surface area contributed by atoms with Crippen LogP contribution in [0.15, 0.2) is 42.5 Å². The number of rotatable bonds is 4. The highest BCUT2D eigenvalue weighted by Gasteiger charge is 2.03. The van der Waals surface area contributed by atoms with Gasteiger partial charge >= 0.3 is 6.09 Å². The number of carbonyl (C=O) groups excluding carboxylic acids is 1. The molecule has 0 heterocycles. The largest absolute Gasteiger partial charge is 0.450 e. The van der Waals surface area contributed by atoms with Gasteiger partial charge in [0.25, 0.3) is 0 Å². The van der Waals surface area contributed by atoms with Crippen molar-refractivity contribution >= 4 is 34.8 Å². The van der Waals surface area contributed by atoms with Crippen LogP contribution < -0.4 is 10.6 Å². The summed E-state index contributed by atoms with van der Waals surface area (Å²) < 4.78 is 4.82. The maximum absolute atomic E-state index is 11.3. The summed E-state index contributed by atoms with van der Waals surface area (Å²) in [5, 5.41) is 6.62. The van der Waals surface area contributed by atoms with E-state index in [4.69, 9.17) is 16.3 Å². The van der Waals surface area contributed by atoms with E-state index in [0.717, 1.165) is 16.9 Å². The summed E-state index contributed by atoms with van der Waals surface area (Å²) in [5.74, 6) is 0. The van der Waals surface area contributed by atoms with E-state index in [1.807, 2.05) is 37.3 Å². The first-order valence-corrected chi connectivity index (χ1v) is 7.03. The van der Waals surface area contributed by atoms with Crippen molar-refractivity contribution in [2.24, 2.45) is 0 Å². The van der Waals surface area contributed by atoms with E-state index < -0.39 is 6.09 Å². The van der Waals surface area contributed by atoms with Crippen molar-refractivity contribution < 1.29 is 9.53 Å². The highest BCUT2D eigenvalue weighted by atomic mass is 35.5. The van der Waals surface area contributed by atoms with Crippen LogP contribution in [0.1, 0.15) is 12.5 Å². The number of aryl methyl sites for hydroxylation is 1. The van der Waals surface area contributed by atoms with Gasteiger partial charge in [0.2, 0.25) is 0 Å². The summed E-state index contributed by atoms with van der Waals surface area (Å²) in [6.07, 6.45) is -0.455. The summed E-state index contributed by atoms with van der Waals surface area (Å²) in [6, 6.07) is 13.1. The minimum Gasteiger partial charge on any atom is -0.450 e. The minimum atomic E-state index is -0.455. The molecule has 110 valence electrons. The summed E-state index contributed by atoms with van der Waals surface area (Å²) in [6.45, 7) is 4.12. The number of halogens is 1. The fourth-order valence-electron chi connectivity index (χ4n) is 1.81. The quantitative estimate of drug-likeness (QED) is 0.839. The van der Waals surface area contributed by atoms with Crippen molar-refractivity contribution in [2.75, 3.05) is 17.2 Å².